The third-order valence-corrected chi connectivity index (χ3v) is 4.46. The third kappa shape index (κ3) is 3.18. The molecule has 3 atom stereocenters. The molecule has 1 aliphatic heterocycles. The average Bonchev–Trinajstić information content (AvgIpc) is 2.92. The first-order chi connectivity index (χ1) is 9.97. The van der Waals surface area contributed by atoms with Crippen LogP contribution in [0.15, 0.2) is 11.0 Å². The summed E-state index contributed by atoms with van der Waals surface area (Å²) in [5, 5.41) is 0. The van der Waals surface area contributed by atoms with Crippen LogP contribution in [0.4, 0.5) is 10.2 Å². The number of carbonyl (C=O) groups is 1. The van der Waals surface area contributed by atoms with Gasteiger partial charge in [0.1, 0.15) is 11.7 Å². The Labute approximate surface area is 124 Å². The first-order valence-electron chi connectivity index (χ1n) is 6.37. The fourth-order valence-corrected chi connectivity index (χ4v) is 3.39. The van der Waals surface area contributed by atoms with Gasteiger partial charge in [-0.25, -0.2) is 9.18 Å². The van der Waals surface area contributed by atoms with Gasteiger partial charge in [0.15, 0.2) is 11.6 Å². The zero-order chi connectivity index (χ0) is 15.6. The zero-order valence-corrected chi connectivity index (χ0v) is 12.4. The van der Waals surface area contributed by atoms with E-state index in [2.05, 4.69) is 4.98 Å². The second-order valence-corrected chi connectivity index (χ2v) is 5.63. The molecule has 3 unspecified atom stereocenters. The van der Waals surface area contributed by atoms with Gasteiger partial charge in [-0.05, 0) is 6.42 Å². The highest BCUT2D eigenvalue weighted by molar-refractivity contribution is 8.00. The number of carbonyl (C=O) groups excluding carboxylic acids is 1. The number of esters is 1. The van der Waals surface area contributed by atoms with E-state index in [0.29, 0.717) is 12.2 Å². The lowest BCUT2D eigenvalue weighted by molar-refractivity contribution is -0.150. The second-order valence-electron chi connectivity index (χ2n) is 4.49. The summed E-state index contributed by atoms with van der Waals surface area (Å²) in [5.74, 6) is -1.63. The summed E-state index contributed by atoms with van der Waals surface area (Å²) in [5.41, 5.74) is 4.10. The van der Waals surface area contributed by atoms with Gasteiger partial charge in [-0.15, -0.1) is 11.8 Å². The number of ether oxygens (including phenoxy) is 2. The highest BCUT2D eigenvalue weighted by atomic mass is 32.2. The lowest BCUT2D eigenvalue weighted by Gasteiger charge is -2.20. The van der Waals surface area contributed by atoms with Gasteiger partial charge in [0, 0.05) is 5.75 Å². The van der Waals surface area contributed by atoms with Crippen molar-refractivity contribution >= 4 is 23.5 Å². The molecule has 0 radical (unpaired) electrons. The van der Waals surface area contributed by atoms with Gasteiger partial charge in [0.2, 0.25) is 0 Å². The van der Waals surface area contributed by atoms with Crippen molar-refractivity contribution in [3.8, 4) is 0 Å². The summed E-state index contributed by atoms with van der Waals surface area (Å²) < 4.78 is 24.9. The molecule has 0 saturated carbocycles. The molecule has 1 aromatic heterocycles. The van der Waals surface area contributed by atoms with Gasteiger partial charge in [0.05, 0.1) is 19.2 Å². The van der Waals surface area contributed by atoms with Crippen LogP contribution in [0.25, 0.3) is 0 Å². The minimum Gasteiger partial charge on any atom is -0.469 e. The molecule has 0 amide bonds. The smallest absolute Gasteiger partial charge is 0.351 e. The monoisotopic (exact) mass is 317 g/mol. The molecule has 0 spiro atoms. The van der Waals surface area contributed by atoms with Crippen molar-refractivity contribution in [3.05, 3.63) is 22.5 Å². The van der Waals surface area contributed by atoms with E-state index in [4.69, 9.17) is 15.2 Å². The molecule has 0 aromatic carbocycles. The summed E-state index contributed by atoms with van der Waals surface area (Å²) in [6, 6.07) is 0. The first kappa shape index (κ1) is 15.8. The van der Waals surface area contributed by atoms with Crippen molar-refractivity contribution in [2.45, 2.75) is 25.0 Å². The molecule has 116 valence electrons. The maximum Gasteiger partial charge on any atom is 0.351 e. The van der Waals surface area contributed by atoms with Crippen LogP contribution in [-0.4, -0.2) is 33.8 Å². The highest BCUT2D eigenvalue weighted by Crippen LogP contribution is 2.37. The number of hydrogen-bond donors (Lipinski definition) is 1. The number of methoxy groups -OCH3 is 1. The Bertz CT molecular complexity index is 594. The van der Waals surface area contributed by atoms with Gasteiger partial charge in [0.25, 0.3) is 0 Å². The lowest BCUT2D eigenvalue weighted by atomic mass is 10.1. The molecule has 1 fully saturated rings. The van der Waals surface area contributed by atoms with E-state index in [1.165, 1.54) is 18.9 Å². The number of nitrogens with two attached hydrogens (primary N) is 1. The molecule has 21 heavy (non-hydrogen) atoms. The fraction of sp³-hybridized carbons (Fsp3) is 0.583. The number of nitrogens with zero attached hydrogens (tertiary/aromatic N) is 2. The van der Waals surface area contributed by atoms with E-state index in [-0.39, 0.29) is 5.97 Å². The lowest BCUT2D eigenvalue weighted by Crippen LogP contribution is -2.31. The van der Waals surface area contributed by atoms with E-state index in [1.807, 2.05) is 6.92 Å². The molecule has 1 aliphatic rings. The van der Waals surface area contributed by atoms with Crippen LogP contribution in [-0.2, 0) is 14.3 Å². The molecule has 1 saturated heterocycles. The van der Waals surface area contributed by atoms with Crippen LogP contribution < -0.4 is 11.4 Å². The van der Waals surface area contributed by atoms with Crippen LogP contribution in [0.2, 0.25) is 0 Å². The van der Waals surface area contributed by atoms with Crippen molar-refractivity contribution in [2.24, 2.45) is 5.92 Å². The molecule has 2 heterocycles. The molecule has 2 rings (SSSR count). The quantitative estimate of drug-likeness (QED) is 0.819. The molecular formula is C12H16FN3O4S. The van der Waals surface area contributed by atoms with Crippen molar-refractivity contribution in [1.82, 2.24) is 9.55 Å². The topological polar surface area (TPSA) is 96.4 Å². The van der Waals surface area contributed by atoms with E-state index >= 15 is 0 Å². The Morgan fingerprint density at radius 3 is 3.10 bits per heavy atom. The number of aromatic nitrogens is 2. The zero-order valence-electron chi connectivity index (χ0n) is 11.6. The largest absolute Gasteiger partial charge is 0.469 e. The molecule has 2 N–H and O–H groups in total. The predicted octanol–water partition coefficient (Wildman–Crippen LogP) is 0.752. The number of nitrogen functional groups attached to an aromatic ring is 1. The second kappa shape index (κ2) is 6.44. The van der Waals surface area contributed by atoms with Crippen LogP contribution in [0.1, 0.15) is 19.6 Å². The Balaban J connectivity index is 2.17. The van der Waals surface area contributed by atoms with E-state index < -0.39 is 34.9 Å². The predicted molar refractivity (Wildman–Crippen MR) is 75.0 cm³/mol. The molecule has 7 nitrogen and oxygen atoms in total. The van der Waals surface area contributed by atoms with Crippen molar-refractivity contribution in [2.75, 3.05) is 18.6 Å². The molecule has 1 aromatic rings. The Kier molecular flexibility index (Phi) is 4.84. The maximum absolute atomic E-state index is 13.4. The molecular weight excluding hydrogens is 301 g/mol. The van der Waals surface area contributed by atoms with Crippen LogP contribution in [0.3, 0.4) is 0 Å². The number of thioether (sulfide) groups is 1. The van der Waals surface area contributed by atoms with Crippen molar-refractivity contribution in [3.63, 3.8) is 0 Å². The standard InChI is InChI=1S/C12H16FN3O4S/c1-3-6(10(17)19-2)11-20-8(5-21-11)16-4-7(13)9(14)15-12(16)18/h4,6,8,11H,3,5H2,1-2H3,(H2,14,15,18). The Hall–Kier alpha value is -1.61. The van der Waals surface area contributed by atoms with Crippen LogP contribution in [0.5, 0.6) is 0 Å². The third-order valence-electron chi connectivity index (χ3n) is 3.21. The fourth-order valence-electron chi connectivity index (χ4n) is 2.05. The minimum atomic E-state index is -0.786. The van der Waals surface area contributed by atoms with Crippen molar-refractivity contribution in [1.29, 1.82) is 0 Å². The van der Waals surface area contributed by atoms with Gasteiger partial charge in [-0.3, -0.25) is 9.36 Å². The van der Waals surface area contributed by atoms with Gasteiger partial charge in [-0.1, -0.05) is 6.92 Å². The van der Waals surface area contributed by atoms with E-state index in [0.717, 1.165) is 10.8 Å². The van der Waals surface area contributed by atoms with Gasteiger partial charge >= 0.3 is 11.7 Å². The SMILES string of the molecule is CCC(C(=O)OC)C1OC(n2cc(F)c(N)nc2=O)CS1. The molecule has 0 bridgehead atoms. The normalized spacial score (nSPS) is 23.0. The molecule has 0 aliphatic carbocycles. The van der Waals surface area contributed by atoms with Crippen molar-refractivity contribution < 1.29 is 18.7 Å². The average molecular weight is 317 g/mol. The van der Waals surface area contributed by atoms with Gasteiger partial charge in [-0.2, -0.15) is 4.98 Å². The Morgan fingerprint density at radius 1 is 1.76 bits per heavy atom. The summed E-state index contributed by atoms with van der Waals surface area (Å²) in [6.07, 6.45) is 0.825. The van der Waals surface area contributed by atoms with E-state index in [9.17, 15) is 14.0 Å². The summed E-state index contributed by atoms with van der Waals surface area (Å²) >= 11 is 1.38. The van der Waals surface area contributed by atoms with E-state index in [1.54, 1.807) is 0 Å². The highest BCUT2D eigenvalue weighted by Gasteiger charge is 2.37. The van der Waals surface area contributed by atoms with Crippen LogP contribution >= 0.6 is 11.8 Å². The summed E-state index contributed by atoms with van der Waals surface area (Å²) in [4.78, 5) is 26.8. The number of halogens is 1. The minimum absolute atomic E-state index is 0.371. The number of hydrogen-bond acceptors (Lipinski definition) is 7. The first-order valence-corrected chi connectivity index (χ1v) is 7.41. The number of rotatable bonds is 4. The van der Waals surface area contributed by atoms with Gasteiger partial charge < -0.3 is 15.2 Å². The summed E-state index contributed by atoms with van der Waals surface area (Å²) in [6.45, 7) is 1.84. The number of anilines is 1. The maximum atomic E-state index is 13.4. The molecule has 9 heteroatoms. The van der Waals surface area contributed by atoms with Crippen LogP contribution in [0, 0.1) is 11.7 Å². The Morgan fingerprint density at radius 2 is 2.48 bits per heavy atom. The summed E-state index contributed by atoms with van der Waals surface area (Å²) in [7, 11) is 1.31.